The van der Waals surface area contributed by atoms with Gasteiger partial charge in [0.15, 0.2) is 0 Å². The minimum absolute atomic E-state index is 0.00965. The molecule has 0 fully saturated rings. The first kappa shape index (κ1) is 12.1. The molecule has 1 amide bonds. The Hall–Kier alpha value is -0.930. The van der Waals surface area contributed by atoms with Crippen molar-refractivity contribution in [2.45, 2.75) is 0 Å². The van der Waals surface area contributed by atoms with E-state index in [9.17, 15) is 13.6 Å². The summed E-state index contributed by atoms with van der Waals surface area (Å²) < 4.78 is 26.1. The lowest BCUT2D eigenvalue weighted by Gasteiger charge is -2.03. The molecule has 0 heterocycles. The minimum Gasteiger partial charge on any atom is -0.312 e. The zero-order chi connectivity index (χ0) is 11.4. The molecule has 2 nitrogen and oxygen atoms in total. The number of halogens is 4. The number of hydrogen-bond donors (Lipinski definition) is 1. The molecule has 0 aliphatic carbocycles. The lowest BCUT2D eigenvalue weighted by molar-refractivity contribution is -0.111. The average molecular weight is 339 g/mol. The predicted octanol–water partition coefficient (Wildman–Crippen LogP) is 3.02. The molecule has 1 aromatic carbocycles. The lowest BCUT2D eigenvalue weighted by atomic mass is 10.3. The molecule has 0 aliphatic rings. The maximum absolute atomic E-state index is 13.2. The molecule has 0 bridgehead atoms. The van der Waals surface area contributed by atoms with Crippen LogP contribution in [0.4, 0.5) is 14.5 Å². The number of benzene rings is 1. The fourth-order valence-corrected chi connectivity index (χ4v) is 1.31. The van der Waals surface area contributed by atoms with Crippen LogP contribution in [0.3, 0.4) is 0 Å². The first-order chi connectivity index (χ1) is 7.04. The van der Waals surface area contributed by atoms with E-state index < -0.39 is 17.5 Å². The topological polar surface area (TPSA) is 29.1 Å². The van der Waals surface area contributed by atoms with Crippen LogP contribution in [0.2, 0.25) is 0 Å². The van der Waals surface area contributed by atoms with Crippen molar-refractivity contribution in [2.24, 2.45) is 0 Å². The molecule has 1 aromatic rings. The van der Waals surface area contributed by atoms with Gasteiger partial charge in [0.25, 0.3) is 0 Å². The van der Waals surface area contributed by atoms with Gasteiger partial charge >= 0.3 is 5.91 Å². The highest BCUT2D eigenvalue weighted by Gasteiger charge is 2.09. The van der Waals surface area contributed by atoms with Gasteiger partial charge in [-0.1, -0.05) is 0 Å². The van der Waals surface area contributed by atoms with E-state index in [1.807, 2.05) is 0 Å². The molecule has 78 valence electrons. The van der Waals surface area contributed by atoms with Crippen molar-refractivity contribution in [3.8, 4) is 10.8 Å². The molecular formula is C9H3Br2F2NO. The second kappa shape index (κ2) is 5.24. The monoisotopic (exact) mass is 337 g/mol. The van der Waals surface area contributed by atoms with Gasteiger partial charge in [-0.25, -0.2) is 8.78 Å². The Labute approximate surface area is 101 Å². The number of hydrogen-bond acceptors (Lipinski definition) is 1. The largest absolute Gasteiger partial charge is 0.312 e. The average Bonchev–Trinajstić information content (AvgIpc) is 2.14. The number of amides is 1. The van der Waals surface area contributed by atoms with Gasteiger partial charge in [-0.2, -0.15) is 0 Å². The molecule has 0 atom stereocenters. The van der Waals surface area contributed by atoms with Crippen LogP contribution in [0.5, 0.6) is 0 Å². The molecule has 6 heteroatoms. The number of anilines is 1. The number of rotatable bonds is 1. The number of carbonyl (C=O) groups is 1. The molecule has 1 rings (SSSR count). The predicted molar refractivity (Wildman–Crippen MR) is 59.4 cm³/mol. The van der Waals surface area contributed by atoms with E-state index in [4.69, 9.17) is 0 Å². The lowest BCUT2D eigenvalue weighted by Crippen LogP contribution is -2.10. The van der Waals surface area contributed by atoms with E-state index in [-0.39, 0.29) is 10.2 Å². The van der Waals surface area contributed by atoms with E-state index in [0.717, 1.165) is 12.1 Å². The van der Waals surface area contributed by atoms with Crippen molar-refractivity contribution in [3.05, 3.63) is 28.2 Å². The zero-order valence-corrected chi connectivity index (χ0v) is 10.2. The van der Waals surface area contributed by atoms with Crippen molar-refractivity contribution in [2.75, 3.05) is 5.32 Å². The van der Waals surface area contributed by atoms with Gasteiger partial charge in [-0.15, -0.1) is 0 Å². The summed E-state index contributed by atoms with van der Waals surface area (Å²) in [4.78, 5) is 13.1. The Morgan fingerprint density at radius 2 is 2.00 bits per heavy atom. The smallest absolute Gasteiger partial charge is 0.301 e. The fourth-order valence-electron chi connectivity index (χ4n) is 0.815. The summed E-state index contributed by atoms with van der Waals surface area (Å²) in [6.07, 6.45) is 0. The summed E-state index contributed by atoms with van der Waals surface area (Å²) in [5.74, 6) is -0.0687. The first-order valence-corrected chi connectivity index (χ1v) is 5.20. The van der Waals surface area contributed by atoms with Crippen LogP contribution in [0.1, 0.15) is 0 Å². The number of nitrogens with one attached hydrogen (secondary N) is 1. The summed E-state index contributed by atoms with van der Waals surface area (Å²) in [6.45, 7) is 0. The van der Waals surface area contributed by atoms with E-state index in [2.05, 4.69) is 47.9 Å². The molecule has 0 unspecified atom stereocenters. The Morgan fingerprint density at radius 1 is 1.33 bits per heavy atom. The second-order valence-corrected chi connectivity index (χ2v) is 3.67. The third-order valence-corrected chi connectivity index (χ3v) is 2.22. The van der Waals surface area contributed by atoms with Crippen molar-refractivity contribution in [3.63, 3.8) is 0 Å². The van der Waals surface area contributed by atoms with Crippen molar-refractivity contribution >= 4 is 43.5 Å². The Morgan fingerprint density at radius 3 is 2.60 bits per heavy atom. The molecule has 0 aliphatic heterocycles. The van der Waals surface area contributed by atoms with Crippen LogP contribution < -0.4 is 5.32 Å². The molecule has 0 saturated carbocycles. The van der Waals surface area contributed by atoms with E-state index in [1.165, 1.54) is 0 Å². The molecule has 0 spiro atoms. The van der Waals surface area contributed by atoms with Crippen LogP contribution in [0.25, 0.3) is 0 Å². The quantitative estimate of drug-likeness (QED) is 0.619. The molecular weight excluding hydrogens is 336 g/mol. The Kier molecular flexibility index (Phi) is 4.24. The molecule has 1 N–H and O–H groups in total. The maximum atomic E-state index is 13.2. The van der Waals surface area contributed by atoms with Gasteiger partial charge in [-0.3, -0.25) is 4.79 Å². The van der Waals surface area contributed by atoms with Gasteiger partial charge < -0.3 is 5.32 Å². The highest BCUT2D eigenvalue weighted by molar-refractivity contribution is 9.12. The first-order valence-electron chi connectivity index (χ1n) is 3.61. The van der Waals surface area contributed by atoms with Gasteiger partial charge in [0, 0.05) is 27.9 Å². The van der Waals surface area contributed by atoms with Crippen LogP contribution in [0, 0.1) is 22.4 Å². The normalized spacial score (nSPS) is 9.07. The SMILES string of the molecule is O=C(C#CBr)Nc1cc(F)c(Br)cc1F. The molecule has 0 aromatic heterocycles. The van der Waals surface area contributed by atoms with E-state index >= 15 is 0 Å². The summed E-state index contributed by atoms with van der Waals surface area (Å²) in [5.41, 5.74) is -0.254. The Balaban J connectivity index is 2.99. The fraction of sp³-hybridized carbons (Fsp3) is 0. The van der Waals surface area contributed by atoms with Crippen molar-refractivity contribution in [1.29, 1.82) is 0 Å². The van der Waals surface area contributed by atoms with Gasteiger partial charge in [0.05, 0.1) is 10.2 Å². The van der Waals surface area contributed by atoms with E-state index in [0.29, 0.717) is 0 Å². The van der Waals surface area contributed by atoms with Crippen LogP contribution >= 0.6 is 31.9 Å². The van der Waals surface area contributed by atoms with Crippen molar-refractivity contribution < 1.29 is 13.6 Å². The minimum atomic E-state index is -0.743. The molecule has 0 radical (unpaired) electrons. The van der Waals surface area contributed by atoms with Gasteiger partial charge in [0.1, 0.15) is 11.6 Å². The summed E-state index contributed by atoms with van der Waals surface area (Å²) >= 11 is 5.52. The van der Waals surface area contributed by atoms with Crippen LogP contribution in [0.15, 0.2) is 16.6 Å². The third-order valence-electron chi connectivity index (χ3n) is 1.42. The maximum Gasteiger partial charge on any atom is 0.301 e. The summed E-state index contributed by atoms with van der Waals surface area (Å²) in [5, 5.41) is 2.10. The van der Waals surface area contributed by atoms with Crippen LogP contribution in [-0.4, -0.2) is 5.91 Å². The molecule has 0 saturated heterocycles. The standard InChI is InChI=1S/C9H3Br2F2NO/c10-2-1-9(15)14-8-4-6(12)5(11)3-7(8)13/h3-4H,(H,14,15). The summed E-state index contributed by atoms with van der Waals surface area (Å²) in [7, 11) is 0. The highest BCUT2D eigenvalue weighted by atomic mass is 79.9. The van der Waals surface area contributed by atoms with Gasteiger partial charge in [-0.05, 0) is 26.8 Å². The van der Waals surface area contributed by atoms with Crippen LogP contribution in [-0.2, 0) is 4.79 Å². The molecule has 15 heavy (non-hydrogen) atoms. The third kappa shape index (κ3) is 3.29. The number of carbonyl (C=O) groups excluding carboxylic acids is 1. The Bertz CT molecular complexity index is 465. The van der Waals surface area contributed by atoms with E-state index in [1.54, 1.807) is 0 Å². The highest BCUT2D eigenvalue weighted by Crippen LogP contribution is 2.23. The van der Waals surface area contributed by atoms with Gasteiger partial charge in [0.2, 0.25) is 0 Å². The second-order valence-electron chi connectivity index (χ2n) is 2.42. The summed E-state index contributed by atoms with van der Waals surface area (Å²) in [6, 6.07) is 1.79. The van der Waals surface area contributed by atoms with Crippen molar-refractivity contribution in [1.82, 2.24) is 0 Å². The zero-order valence-electron chi connectivity index (χ0n) is 7.07.